The van der Waals surface area contributed by atoms with Crippen LogP contribution >= 0.6 is 11.6 Å². The van der Waals surface area contributed by atoms with Crippen LogP contribution in [0.25, 0.3) is 0 Å². The van der Waals surface area contributed by atoms with Gasteiger partial charge in [-0.3, -0.25) is 4.79 Å². The first kappa shape index (κ1) is 16.2. The zero-order valence-corrected chi connectivity index (χ0v) is 13.5. The van der Waals surface area contributed by atoms with E-state index >= 15 is 0 Å². The summed E-state index contributed by atoms with van der Waals surface area (Å²) in [7, 11) is 0. The highest BCUT2D eigenvalue weighted by molar-refractivity contribution is 6.29. The minimum atomic E-state index is -0.651. The van der Waals surface area contributed by atoms with E-state index in [0.717, 1.165) is 0 Å². The van der Waals surface area contributed by atoms with Crippen molar-refractivity contribution in [3.05, 3.63) is 47.1 Å². The fourth-order valence-corrected chi connectivity index (χ4v) is 1.90. The third-order valence-electron chi connectivity index (χ3n) is 3.11. The Kier molecular flexibility index (Phi) is 5.33. The number of ether oxygens (including phenoxy) is 1. The Bertz CT molecular complexity index is 627. The highest BCUT2D eigenvalue weighted by Crippen LogP contribution is 2.19. The Morgan fingerprint density at radius 2 is 1.77 bits per heavy atom. The van der Waals surface area contributed by atoms with Crippen molar-refractivity contribution in [2.45, 2.75) is 32.8 Å². The second kappa shape index (κ2) is 7.22. The van der Waals surface area contributed by atoms with Crippen LogP contribution in [-0.2, 0) is 4.79 Å². The number of hydrogen-bond donors (Lipinski definition) is 1. The quantitative estimate of drug-likeness (QED) is 0.913. The summed E-state index contributed by atoms with van der Waals surface area (Å²) in [5, 5.41) is 10.3. The summed E-state index contributed by atoms with van der Waals surface area (Å²) in [4.78, 5) is 12.0. The van der Waals surface area contributed by atoms with Crippen LogP contribution in [0.1, 0.15) is 32.3 Å². The third-order valence-corrected chi connectivity index (χ3v) is 3.31. The number of amides is 1. The largest absolute Gasteiger partial charge is 0.481 e. The van der Waals surface area contributed by atoms with Gasteiger partial charge in [-0.2, -0.15) is 0 Å². The number of halogens is 1. The lowest BCUT2D eigenvalue weighted by molar-refractivity contribution is -0.122. The first-order valence-corrected chi connectivity index (χ1v) is 7.40. The highest BCUT2D eigenvalue weighted by Gasteiger charge is 2.15. The molecule has 1 aromatic heterocycles. The molecule has 1 heterocycles. The summed E-state index contributed by atoms with van der Waals surface area (Å²) in [5.41, 5.74) is 1.22. The molecule has 1 atom stereocenters. The molecule has 1 unspecified atom stereocenters. The Labute approximate surface area is 134 Å². The molecule has 6 heteroatoms. The van der Waals surface area contributed by atoms with E-state index in [9.17, 15) is 4.79 Å². The van der Waals surface area contributed by atoms with Gasteiger partial charge < -0.3 is 10.1 Å². The van der Waals surface area contributed by atoms with Gasteiger partial charge in [0.1, 0.15) is 5.75 Å². The van der Waals surface area contributed by atoms with Crippen molar-refractivity contribution in [2.75, 3.05) is 5.32 Å². The molecule has 22 heavy (non-hydrogen) atoms. The minimum absolute atomic E-state index is 0.271. The van der Waals surface area contributed by atoms with Gasteiger partial charge in [0, 0.05) is 0 Å². The summed E-state index contributed by atoms with van der Waals surface area (Å²) < 4.78 is 5.62. The lowest BCUT2D eigenvalue weighted by Crippen LogP contribution is -2.30. The second-order valence-corrected chi connectivity index (χ2v) is 5.60. The van der Waals surface area contributed by atoms with Crippen LogP contribution in [0.4, 0.5) is 5.82 Å². The van der Waals surface area contributed by atoms with Gasteiger partial charge in [-0.25, -0.2) is 0 Å². The zero-order valence-electron chi connectivity index (χ0n) is 12.7. The molecule has 2 rings (SSSR count). The molecule has 5 nitrogen and oxygen atoms in total. The van der Waals surface area contributed by atoms with E-state index in [1.165, 1.54) is 5.56 Å². The molecule has 0 saturated heterocycles. The standard InChI is InChI=1S/C16H18ClN3O2/c1-10(2)12-4-6-13(7-5-12)22-11(3)16(21)18-15-9-8-14(17)19-20-15/h4-11H,1-3H3,(H,18,20,21). The number of nitrogens with one attached hydrogen (secondary N) is 1. The molecule has 0 spiro atoms. The molecule has 0 aliphatic rings. The molecule has 0 aliphatic carbocycles. The van der Waals surface area contributed by atoms with Crippen LogP contribution < -0.4 is 10.1 Å². The molecule has 0 bridgehead atoms. The van der Waals surface area contributed by atoms with Gasteiger partial charge in [0.2, 0.25) is 0 Å². The Morgan fingerprint density at radius 3 is 2.32 bits per heavy atom. The molecule has 2 aromatic rings. The molecule has 1 N–H and O–H groups in total. The topological polar surface area (TPSA) is 64.1 Å². The van der Waals surface area contributed by atoms with Crippen LogP contribution in [0.5, 0.6) is 5.75 Å². The number of anilines is 1. The van der Waals surface area contributed by atoms with Crippen molar-refractivity contribution in [3.8, 4) is 5.75 Å². The zero-order chi connectivity index (χ0) is 16.1. The molecule has 1 amide bonds. The predicted molar refractivity (Wildman–Crippen MR) is 86.3 cm³/mol. The summed E-state index contributed by atoms with van der Waals surface area (Å²) in [5.74, 6) is 1.14. The molecular formula is C16H18ClN3O2. The first-order valence-electron chi connectivity index (χ1n) is 7.02. The summed E-state index contributed by atoms with van der Waals surface area (Å²) in [6, 6.07) is 10.9. The van der Waals surface area contributed by atoms with Crippen molar-refractivity contribution in [3.63, 3.8) is 0 Å². The normalized spacial score (nSPS) is 12.0. The SMILES string of the molecule is CC(Oc1ccc(C(C)C)cc1)C(=O)Nc1ccc(Cl)nn1. The van der Waals surface area contributed by atoms with Gasteiger partial charge >= 0.3 is 0 Å². The van der Waals surface area contributed by atoms with Crippen molar-refractivity contribution in [2.24, 2.45) is 0 Å². The average molecular weight is 320 g/mol. The van der Waals surface area contributed by atoms with Gasteiger partial charge in [-0.05, 0) is 42.7 Å². The van der Waals surface area contributed by atoms with Crippen molar-refractivity contribution in [1.82, 2.24) is 10.2 Å². The number of hydrogen-bond acceptors (Lipinski definition) is 4. The molecule has 1 aromatic carbocycles. The number of nitrogens with zero attached hydrogens (tertiary/aromatic N) is 2. The Morgan fingerprint density at radius 1 is 1.09 bits per heavy atom. The molecule has 0 aliphatic heterocycles. The van der Waals surface area contributed by atoms with Crippen molar-refractivity contribution >= 4 is 23.3 Å². The van der Waals surface area contributed by atoms with E-state index in [1.54, 1.807) is 19.1 Å². The average Bonchev–Trinajstić information content (AvgIpc) is 2.50. The van der Waals surface area contributed by atoms with Gasteiger partial charge in [0.05, 0.1) is 0 Å². The van der Waals surface area contributed by atoms with Crippen LogP contribution in [-0.4, -0.2) is 22.2 Å². The molecule has 0 saturated carbocycles. The second-order valence-electron chi connectivity index (χ2n) is 5.21. The fraction of sp³-hybridized carbons (Fsp3) is 0.312. The number of carbonyl (C=O) groups is 1. The maximum Gasteiger partial charge on any atom is 0.266 e. The molecule has 0 radical (unpaired) electrons. The van der Waals surface area contributed by atoms with E-state index in [2.05, 4.69) is 29.4 Å². The van der Waals surface area contributed by atoms with Gasteiger partial charge in [-0.15, -0.1) is 10.2 Å². The summed E-state index contributed by atoms with van der Waals surface area (Å²) in [6.45, 7) is 5.92. The number of aromatic nitrogens is 2. The van der Waals surface area contributed by atoms with Crippen LogP contribution in [0, 0.1) is 0 Å². The smallest absolute Gasteiger partial charge is 0.266 e. The molecule has 0 fully saturated rings. The van der Waals surface area contributed by atoms with Gasteiger partial charge in [-0.1, -0.05) is 37.6 Å². The fourth-order valence-electron chi connectivity index (χ4n) is 1.80. The molecular weight excluding hydrogens is 302 g/mol. The molecule has 116 valence electrons. The maximum absolute atomic E-state index is 12.0. The van der Waals surface area contributed by atoms with E-state index in [0.29, 0.717) is 17.5 Å². The monoisotopic (exact) mass is 319 g/mol. The lowest BCUT2D eigenvalue weighted by Gasteiger charge is -2.15. The van der Waals surface area contributed by atoms with Crippen molar-refractivity contribution in [1.29, 1.82) is 0 Å². The Balaban J connectivity index is 1.94. The van der Waals surface area contributed by atoms with E-state index in [-0.39, 0.29) is 11.1 Å². The van der Waals surface area contributed by atoms with E-state index < -0.39 is 6.10 Å². The predicted octanol–water partition coefficient (Wildman–Crippen LogP) is 3.66. The summed E-state index contributed by atoms with van der Waals surface area (Å²) in [6.07, 6.45) is -0.651. The first-order chi connectivity index (χ1) is 10.5. The summed E-state index contributed by atoms with van der Waals surface area (Å²) >= 11 is 5.64. The van der Waals surface area contributed by atoms with Crippen LogP contribution in [0.2, 0.25) is 5.15 Å². The van der Waals surface area contributed by atoms with Gasteiger partial charge in [0.25, 0.3) is 5.91 Å². The van der Waals surface area contributed by atoms with E-state index in [4.69, 9.17) is 16.3 Å². The van der Waals surface area contributed by atoms with Crippen LogP contribution in [0.15, 0.2) is 36.4 Å². The maximum atomic E-state index is 12.0. The lowest BCUT2D eigenvalue weighted by atomic mass is 10.0. The van der Waals surface area contributed by atoms with Crippen LogP contribution in [0.3, 0.4) is 0 Å². The van der Waals surface area contributed by atoms with Gasteiger partial charge in [0.15, 0.2) is 17.1 Å². The minimum Gasteiger partial charge on any atom is -0.481 e. The van der Waals surface area contributed by atoms with Crippen molar-refractivity contribution < 1.29 is 9.53 Å². The highest BCUT2D eigenvalue weighted by atomic mass is 35.5. The number of rotatable bonds is 5. The number of carbonyl (C=O) groups excluding carboxylic acids is 1. The third kappa shape index (κ3) is 4.43. The van der Waals surface area contributed by atoms with E-state index in [1.807, 2.05) is 24.3 Å². The number of benzene rings is 1. The Hall–Kier alpha value is -2.14.